The second-order valence-corrected chi connectivity index (χ2v) is 3.22. The summed E-state index contributed by atoms with van der Waals surface area (Å²) in [4.78, 5) is 26.7. The zero-order valence-electron chi connectivity index (χ0n) is 9.57. The number of rotatable bonds is 4. The number of ether oxygens (including phenoxy) is 1. The van der Waals surface area contributed by atoms with E-state index in [0.29, 0.717) is 5.95 Å². The Morgan fingerprint density at radius 1 is 1.50 bits per heavy atom. The molecule has 0 saturated carbocycles. The summed E-state index contributed by atoms with van der Waals surface area (Å²) in [5.74, 6) is 0.114. The molecule has 0 atom stereocenters. The molecule has 9 heteroatoms. The highest BCUT2D eigenvalue weighted by Gasteiger charge is 2.07. The van der Waals surface area contributed by atoms with Gasteiger partial charge in [-0.05, 0) is 0 Å². The van der Waals surface area contributed by atoms with E-state index in [1.807, 2.05) is 0 Å². The molecule has 2 aromatic heterocycles. The Bertz CT molecular complexity index is 540. The van der Waals surface area contributed by atoms with E-state index in [2.05, 4.69) is 30.0 Å². The first-order chi connectivity index (χ1) is 8.69. The molecule has 9 nitrogen and oxygen atoms in total. The second-order valence-electron chi connectivity index (χ2n) is 3.22. The van der Waals surface area contributed by atoms with E-state index in [1.54, 1.807) is 17.0 Å². The van der Waals surface area contributed by atoms with Gasteiger partial charge in [-0.1, -0.05) is 0 Å². The first-order valence-corrected chi connectivity index (χ1v) is 4.99. The number of carbonyl (C=O) groups excluding carboxylic acids is 1. The zero-order valence-corrected chi connectivity index (χ0v) is 9.57. The number of nitrogens with zero attached hydrogens (tertiary/aromatic N) is 5. The molecule has 0 radical (unpaired) electrons. The number of aromatic nitrogens is 5. The third-order valence-electron chi connectivity index (χ3n) is 1.99. The van der Waals surface area contributed by atoms with E-state index < -0.39 is 5.97 Å². The van der Waals surface area contributed by atoms with Crippen LogP contribution in [0.15, 0.2) is 18.7 Å². The van der Waals surface area contributed by atoms with Crippen molar-refractivity contribution in [1.29, 1.82) is 0 Å². The molecular weight excluding hydrogens is 238 g/mol. The standard InChI is InChI=1S/C9H11N7O2/c1-18-6(17)4-12-8-13-7(10)14-9(15-8)16-3-2-11-5-16/h2-3,5H,4H2,1H3,(H3,10,12,13,14,15). The summed E-state index contributed by atoms with van der Waals surface area (Å²) in [7, 11) is 1.29. The lowest BCUT2D eigenvalue weighted by Crippen LogP contribution is -2.18. The lowest BCUT2D eigenvalue weighted by molar-refractivity contribution is -0.138. The largest absolute Gasteiger partial charge is 0.468 e. The summed E-state index contributed by atoms with van der Waals surface area (Å²) >= 11 is 0. The molecule has 0 fully saturated rings. The van der Waals surface area contributed by atoms with Crippen molar-refractivity contribution < 1.29 is 9.53 Å². The number of hydrogen-bond donors (Lipinski definition) is 2. The van der Waals surface area contributed by atoms with Gasteiger partial charge in [0.1, 0.15) is 12.9 Å². The van der Waals surface area contributed by atoms with Gasteiger partial charge in [0.15, 0.2) is 0 Å². The van der Waals surface area contributed by atoms with Crippen LogP contribution in [-0.4, -0.2) is 44.1 Å². The molecule has 0 aromatic carbocycles. The summed E-state index contributed by atoms with van der Waals surface area (Å²) in [6, 6.07) is 0. The van der Waals surface area contributed by atoms with Crippen LogP contribution < -0.4 is 11.1 Å². The van der Waals surface area contributed by atoms with E-state index in [4.69, 9.17) is 5.73 Å². The number of nitrogens with two attached hydrogens (primary N) is 1. The van der Waals surface area contributed by atoms with E-state index in [-0.39, 0.29) is 18.4 Å². The molecule has 0 bridgehead atoms. The van der Waals surface area contributed by atoms with Crippen molar-refractivity contribution in [3.8, 4) is 5.95 Å². The smallest absolute Gasteiger partial charge is 0.325 e. The summed E-state index contributed by atoms with van der Waals surface area (Å²) in [5.41, 5.74) is 5.55. The van der Waals surface area contributed by atoms with Crippen LogP contribution in [0.25, 0.3) is 5.95 Å². The van der Waals surface area contributed by atoms with Crippen molar-refractivity contribution in [3.05, 3.63) is 18.7 Å². The van der Waals surface area contributed by atoms with Crippen LogP contribution in [0.2, 0.25) is 0 Å². The van der Waals surface area contributed by atoms with Crippen molar-refractivity contribution in [2.75, 3.05) is 24.7 Å². The maximum atomic E-state index is 11.0. The molecule has 0 aliphatic rings. The number of imidazole rings is 1. The molecule has 0 unspecified atom stereocenters. The van der Waals surface area contributed by atoms with Crippen molar-refractivity contribution in [3.63, 3.8) is 0 Å². The maximum absolute atomic E-state index is 11.0. The molecule has 2 heterocycles. The van der Waals surface area contributed by atoms with E-state index in [1.165, 1.54) is 13.4 Å². The van der Waals surface area contributed by atoms with Crippen molar-refractivity contribution in [1.82, 2.24) is 24.5 Å². The Balaban J connectivity index is 2.19. The lowest BCUT2D eigenvalue weighted by Gasteiger charge is -2.06. The van der Waals surface area contributed by atoms with Gasteiger partial charge in [-0.15, -0.1) is 0 Å². The Morgan fingerprint density at radius 3 is 3.00 bits per heavy atom. The molecule has 2 aromatic rings. The summed E-state index contributed by atoms with van der Waals surface area (Å²) < 4.78 is 6.06. The van der Waals surface area contributed by atoms with Gasteiger partial charge in [-0.25, -0.2) is 4.98 Å². The number of anilines is 2. The molecule has 3 N–H and O–H groups in total. The fourth-order valence-electron chi connectivity index (χ4n) is 1.18. The third-order valence-corrected chi connectivity index (χ3v) is 1.99. The van der Waals surface area contributed by atoms with Crippen molar-refractivity contribution in [2.45, 2.75) is 0 Å². The molecule has 0 aliphatic heterocycles. The summed E-state index contributed by atoms with van der Waals surface area (Å²) in [6.45, 7) is -0.0523. The van der Waals surface area contributed by atoms with Gasteiger partial charge < -0.3 is 15.8 Å². The number of nitrogens with one attached hydrogen (secondary N) is 1. The average molecular weight is 249 g/mol. The molecular formula is C9H11N7O2. The minimum Gasteiger partial charge on any atom is -0.468 e. The van der Waals surface area contributed by atoms with E-state index in [9.17, 15) is 4.79 Å². The normalized spacial score (nSPS) is 10.1. The van der Waals surface area contributed by atoms with Gasteiger partial charge in [-0.3, -0.25) is 9.36 Å². The number of nitrogen functional groups attached to an aromatic ring is 1. The Morgan fingerprint density at radius 2 is 2.33 bits per heavy atom. The minimum absolute atomic E-state index is 0.0427. The monoisotopic (exact) mass is 249 g/mol. The van der Waals surface area contributed by atoms with Crippen LogP contribution in [0.3, 0.4) is 0 Å². The molecule has 0 spiro atoms. The van der Waals surface area contributed by atoms with Gasteiger partial charge in [0, 0.05) is 12.4 Å². The fraction of sp³-hybridized carbons (Fsp3) is 0.222. The lowest BCUT2D eigenvalue weighted by atomic mass is 10.6. The van der Waals surface area contributed by atoms with Crippen molar-refractivity contribution >= 4 is 17.9 Å². The highest BCUT2D eigenvalue weighted by Crippen LogP contribution is 2.06. The molecule has 2 rings (SSSR count). The summed E-state index contributed by atoms with van der Waals surface area (Å²) in [5, 5.41) is 2.69. The van der Waals surface area contributed by atoms with Crippen LogP contribution >= 0.6 is 0 Å². The average Bonchev–Trinajstić information content (AvgIpc) is 2.89. The molecule has 94 valence electrons. The van der Waals surface area contributed by atoms with Gasteiger partial charge in [0.25, 0.3) is 0 Å². The van der Waals surface area contributed by atoms with Gasteiger partial charge in [0.05, 0.1) is 7.11 Å². The van der Waals surface area contributed by atoms with Crippen LogP contribution in [0.5, 0.6) is 0 Å². The SMILES string of the molecule is COC(=O)CNc1nc(N)nc(-n2ccnc2)n1. The van der Waals surface area contributed by atoms with Crippen LogP contribution in [-0.2, 0) is 9.53 Å². The summed E-state index contributed by atoms with van der Waals surface area (Å²) in [6.07, 6.45) is 4.78. The van der Waals surface area contributed by atoms with Crippen LogP contribution in [0, 0.1) is 0 Å². The van der Waals surface area contributed by atoms with Crippen LogP contribution in [0.4, 0.5) is 11.9 Å². The Hall–Kier alpha value is -2.71. The molecule has 0 saturated heterocycles. The Kier molecular flexibility index (Phi) is 3.32. The predicted molar refractivity (Wildman–Crippen MR) is 61.9 cm³/mol. The predicted octanol–water partition coefficient (Wildman–Crippen LogP) is -0.776. The second kappa shape index (κ2) is 5.08. The first-order valence-electron chi connectivity index (χ1n) is 4.99. The molecule has 0 amide bonds. The van der Waals surface area contributed by atoms with Gasteiger partial charge >= 0.3 is 5.97 Å². The van der Waals surface area contributed by atoms with Crippen LogP contribution in [0.1, 0.15) is 0 Å². The number of methoxy groups -OCH3 is 1. The first kappa shape index (κ1) is 11.8. The zero-order chi connectivity index (χ0) is 13.0. The van der Waals surface area contributed by atoms with Gasteiger partial charge in [-0.2, -0.15) is 15.0 Å². The highest BCUT2D eigenvalue weighted by molar-refractivity contribution is 5.74. The van der Waals surface area contributed by atoms with Gasteiger partial charge in [0.2, 0.25) is 17.8 Å². The number of hydrogen-bond acceptors (Lipinski definition) is 8. The highest BCUT2D eigenvalue weighted by atomic mass is 16.5. The number of carbonyl (C=O) groups is 1. The Labute approximate surface area is 102 Å². The quantitative estimate of drug-likeness (QED) is 0.677. The topological polar surface area (TPSA) is 121 Å². The molecule has 0 aliphatic carbocycles. The minimum atomic E-state index is -0.432. The van der Waals surface area contributed by atoms with Crippen molar-refractivity contribution in [2.24, 2.45) is 0 Å². The third kappa shape index (κ3) is 2.70. The number of esters is 1. The molecule has 18 heavy (non-hydrogen) atoms. The van der Waals surface area contributed by atoms with E-state index >= 15 is 0 Å². The van der Waals surface area contributed by atoms with E-state index in [0.717, 1.165) is 0 Å². The fourth-order valence-corrected chi connectivity index (χ4v) is 1.18. The maximum Gasteiger partial charge on any atom is 0.325 e.